The lowest BCUT2D eigenvalue weighted by Crippen LogP contribution is -2.25. The minimum Gasteiger partial charge on any atom is -0.355 e. The van der Waals surface area contributed by atoms with Gasteiger partial charge in [-0.25, -0.2) is 0 Å². The van der Waals surface area contributed by atoms with E-state index in [1.54, 1.807) is 0 Å². The predicted molar refractivity (Wildman–Crippen MR) is 87.3 cm³/mol. The van der Waals surface area contributed by atoms with Crippen molar-refractivity contribution in [1.29, 1.82) is 0 Å². The first-order chi connectivity index (χ1) is 9.71. The van der Waals surface area contributed by atoms with E-state index < -0.39 is 0 Å². The van der Waals surface area contributed by atoms with Crippen LogP contribution in [-0.4, -0.2) is 28.1 Å². The summed E-state index contributed by atoms with van der Waals surface area (Å²) in [6, 6.07) is 8.09. The summed E-state index contributed by atoms with van der Waals surface area (Å²) in [6.07, 6.45) is 3.99. The zero-order valence-electron chi connectivity index (χ0n) is 12.0. The molecule has 1 aromatic carbocycles. The van der Waals surface area contributed by atoms with Crippen molar-refractivity contribution in [2.75, 3.05) is 18.0 Å². The second kappa shape index (κ2) is 6.70. The number of benzene rings is 1. The first-order valence-electron chi connectivity index (χ1n) is 6.80. The number of halogens is 1. The van der Waals surface area contributed by atoms with Gasteiger partial charge in [-0.05, 0) is 51.1 Å². The molecule has 2 rings (SSSR count). The van der Waals surface area contributed by atoms with Crippen LogP contribution in [0.25, 0.3) is 11.8 Å². The van der Waals surface area contributed by atoms with Crippen molar-refractivity contribution in [2.45, 2.75) is 20.8 Å². The Morgan fingerprint density at radius 2 is 1.85 bits per heavy atom. The van der Waals surface area contributed by atoms with Gasteiger partial charge in [0.15, 0.2) is 5.82 Å². The number of allylic oxidation sites excluding steroid dienone is 1. The molecule has 4 nitrogen and oxygen atoms in total. The van der Waals surface area contributed by atoms with Crippen molar-refractivity contribution < 1.29 is 0 Å². The molecule has 0 unspecified atom stereocenters. The molecule has 0 bridgehead atoms. The Morgan fingerprint density at radius 1 is 1.20 bits per heavy atom. The fourth-order valence-corrected chi connectivity index (χ4v) is 2.39. The maximum atomic E-state index is 4.31. The van der Waals surface area contributed by atoms with Gasteiger partial charge in [0.05, 0.1) is 5.69 Å². The topological polar surface area (TPSA) is 34.0 Å². The lowest BCUT2D eigenvalue weighted by Gasteiger charge is -2.22. The fraction of sp³-hybridized carbons (Fsp3) is 0.333. The molecule has 0 saturated heterocycles. The lowest BCUT2D eigenvalue weighted by atomic mass is 10.3. The van der Waals surface area contributed by atoms with Gasteiger partial charge in [0.25, 0.3) is 0 Å². The molecule has 0 atom stereocenters. The monoisotopic (exact) mass is 334 g/mol. The summed E-state index contributed by atoms with van der Waals surface area (Å²) in [5.74, 6) is 1.04. The highest BCUT2D eigenvalue weighted by Crippen LogP contribution is 2.24. The van der Waals surface area contributed by atoms with E-state index in [2.05, 4.69) is 45.0 Å². The van der Waals surface area contributed by atoms with Gasteiger partial charge in [-0.2, -0.15) is 4.68 Å². The van der Waals surface area contributed by atoms with Gasteiger partial charge in [0.1, 0.15) is 5.69 Å². The van der Waals surface area contributed by atoms with E-state index in [4.69, 9.17) is 0 Å². The molecule has 5 heteroatoms. The third-order valence-corrected chi connectivity index (χ3v) is 3.66. The summed E-state index contributed by atoms with van der Waals surface area (Å²) >= 11 is 3.46. The number of rotatable bonds is 5. The molecule has 0 aliphatic carbocycles. The number of anilines is 1. The minimum atomic E-state index is 0.902. The Hall–Kier alpha value is -1.62. The number of aromatic nitrogens is 3. The van der Waals surface area contributed by atoms with Crippen molar-refractivity contribution >= 4 is 27.8 Å². The number of hydrogen-bond donors (Lipinski definition) is 0. The van der Waals surface area contributed by atoms with E-state index in [0.717, 1.165) is 34.8 Å². The summed E-state index contributed by atoms with van der Waals surface area (Å²) in [6.45, 7) is 8.12. The lowest BCUT2D eigenvalue weighted by molar-refractivity contribution is 0.759. The van der Waals surface area contributed by atoms with Crippen LogP contribution in [0.1, 0.15) is 26.5 Å². The van der Waals surface area contributed by atoms with E-state index >= 15 is 0 Å². The van der Waals surface area contributed by atoms with Crippen LogP contribution < -0.4 is 4.90 Å². The molecule has 0 amide bonds. The molecule has 0 radical (unpaired) electrons. The van der Waals surface area contributed by atoms with Gasteiger partial charge in [0, 0.05) is 17.6 Å². The largest absolute Gasteiger partial charge is 0.355 e. The summed E-state index contributed by atoms with van der Waals surface area (Å²) in [5, 5.41) is 8.60. The third-order valence-electron chi connectivity index (χ3n) is 3.13. The quantitative estimate of drug-likeness (QED) is 0.831. The Balaban J connectivity index is 2.55. The van der Waals surface area contributed by atoms with Crippen LogP contribution in [0.15, 0.2) is 34.8 Å². The standard InChI is InChI=1S/C15H19BrN4/c1-4-7-14-15(19(5-2)6-3)20(18-17-14)13-10-8-12(16)9-11-13/h4,7-11H,5-6H2,1-3H3/b7-4+. The molecule has 0 aliphatic rings. The average Bonchev–Trinajstić information content (AvgIpc) is 2.86. The zero-order chi connectivity index (χ0) is 14.5. The van der Waals surface area contributed by atoms with Crippen LogP contribution in [-0.2, 0) is 0 Å². The van der Waals surface area contributed by atoms with Gasteiger partial charge in [0.2, 0.25) is 0 Å². The van der Waals surface area contributed by atoms with E-state index in [-0.39, 0.29) is 0 Å². The van der Waals surface area contributed by atoms with Crippen molar-refractivity contribution in [1.82, 2.24) is 15.0 Å². The fourth-order valence-electron chi connectivity index (χ4n) is 2.13. The normalized spacial score (nSPS) is 11.2. The first-order valence-corrected chi connectivity index (χ1v) is 7.59. The second-order valence-corrected chi connectivity index (χ2v) is 5.27. The molecule has 1 aromatic heterocycles. The van der Waals surface area contributed by atoms with E-state index in [9.17, 15) is 0 Å². The Bertz CT molecular complexity index is 582. The molecule has 0 spiro atoms. The number of hydrogen-bond acceptors (Lipinski definition) is 3. The summed E-state index contributed by atoms with van der Waals surface area (Å²) < 4.78 is 2.95. The first kappa shape index (κ1) is 14.8. The van der Waals surface area contributed by atoms with Gasteiger partial charge >= 0.3 is 0 Å². The molecule has 0 fully saturated rings. The van der Waals surface area contributed by atoms with Gasteiger partial charge < -0.3 is 4.90 Å². The van der Waals surface area contributed by atoms with Crippen molar-refractivity contribution in [3.05, 3.63) is 40.5 Å². The van der Waals surface area contributed by atoms with E-state index in [1.807, 2.05) is 48.0 Å². The number of nitrogens with zero attached hydrogens (tertiary/aromatic N) is 4. The SMILES string of the molecule is C/C=C/c1nnn(-c2ccc(Br)cc2)c1N(CC)CC. The highest BCUT2D eigenvalue weighted by molar-refractivity contribution is 9.10. The molecule has 0 aliphatic heterocycles. The van der Waals surface area contributed by atoms with Crippen LogP contribution >= 0.6 is 15.9 Å². The van der Waals surface area contributed by atoms with Crippen LogP contribution in [0.3, 0.4) is 0 Å². The summed E-state index contributed by atoms with van der Waals surface area (Å²) in [4.78, 5) is 2.26. The Labute approximate surface area is 128 Å². The van der Waals surface area contributed by atoms with Crippen molar-refractivity contribution in [3.8, 4) is 5.69 Å². The third kappa shape index (κ3) is 2.93. The molecule has 0 saturated carbocycles. The molecule has 106 valence electrons. The maximum Gasteiger partial charge on any atom is 0.160 e. The molecule has 2 aromatic rings. The summed E-state index contributed by atoms with van der Waals surface area (Å²) in [7, 11) is 0. The highest BCUT2D eigenvalue weighted by Gasteiger charge is 2.16. The van der Waals surface area contributed by atoms with Crippen molar-refractivity contribution in [3.63, 3.8) is 0 Å². The van der Waals surface area contributed by atoms with Crippen molar-refractivity contribution in [2.24, 2.45) is 0 Å². The zero-order valence-corrected chi connectivity index (χ0v) is 13.6. The van der Waals surface area contributed by atoms with Gasteiger partial charge in [-0.1, -0.05) is 27.2 Å². The van der Waals surface area contributed by atoms with E-state index in [1.165, 1.54) is 0 Å². The molecule has 0 N–H and O–H groups in total. The minimum absolute atomic E-state index is 0.902. The Morgan fingerprint density at radius 3 is 2.40 bits per heavy atom. The molecule has 20 heavy (non-hydrogen) atoms. The summed E-state index contributed by atoms with van der Waals surface area (Å²) in [5.41, 5.74) is 1.91. The van der Waals surface area contributed by atoms with Crippen LogP contribution in [0.2, 0.25) is 0 Å². The van der Waals surface area contributed by atoms with Gasteiger partial charge in [-0.3, -0.25) is 0 Å². The second-order valence-electron chi connectivity index (χ2n) is 4.36. The van der Waals surface area contributed by atoms with Crippen LogP contribution in [0.4, 0.5) is 5.82 Å². The predicted octanol–water partition coefficient (Wildman–Crippen LogP) is 3.91. The average molecular weight is 335 g/mol. The molecule has 1 heterocycles. The van der Waals surface area contributed by atoms with Crippen LogP contribution in [0, 0.1) is 0 Å². The maximum absolute atomic E-state index is 4.31. The van der Waals surface area contributed by atoms with Gasteiger partial charge in [-0.15, -0.1) is 5.10 Å². The molecular weight excluding hydrogens is 316 g/mol. The van der Waals surface area contributed by atoms with Crippen LogP contribution in [0.5, 0.6) is 0 Å². The Kier molecular flexibility index (Phi) is 4.95. The highest BCUT2D eigenvalue weighted by atomic mass is 79.9. The van der Waals surface area contributed by atoms with E-state index in [0.29, 0.717) is 0 Å². The molecular formula is C15H19BrN4. The smallest absolute Gasteiger partial charge is 0.160 e.